The van der Waals surface area contributed by atoms with Gasteiger partial charge in [0.1, 0.15) is 17.6 Å². The van der Waals surface area contributed by atoms with Crippen molar-refractivity contribution in [3.8, 4) is 5.75 Å². The van der Waals surface area contributed by atoms with Crippen LogP contribution in [0.3, 0.4) is 0 Å². The lowest BCUT2D eigenvalue weighted by atomic mass is 9.85. The number of carbonyl (C=O) groups excluding carboxylic acids is 2. The molecule has 2 atom stereocenters. The maximum absolute atomic E-state index is 13.2. The highest BCUT2D eigenvalue weighted by Crippen LogP contribution is 2.41. The third kappa shape index (κ3) is 4.47. The van der Waals surface area contributed by atoms with Crippen molar-refractivity contribution < 1.29 is 24.2 Å². The van der Waals surface area contributed by atoms with Gasteiger partial charge in [0.05, 0.1) is 11.6 Å². The number of likely N-dealkylation sites (tertiary alicyclic amines) is 1. The minimum Gasteiger partial charge on any atom is -0.507 e. The van der Waals surface area contributed by atoms with Gasteiger partial charge >= 0.3 is 0 Å². The number of hydrogen-bond donors (Lipinski definition) is 1. The summed E-state index contributed by atoms with van der Waals surface area (Å²) < 4.78 is 10.9. The number of nitrogens with zero attached hydrogens (tertiary/aromatic N) is 1. The summed E-state index contributed by atoms with van der Waals surface area (Å²) in [6.45, 7) is 9.23. The summed E-state index contributed by atoms with van der Waals surface area (Å²) >= 11 is 0. The summed E-state index contributed by atoms with van der Waals surface area (Å²) in [4.78, 5) is 27.8. The molecule has 1 saturated heterocycles. The van der Waals surface area contributed by atoms with Crippen molar-refractivity contribution in [1.82, 2.24) is 4.90 Å². The maximum atomic E-state index is 13.2. The lowest BCUT2D eigenvalue weighted by Crippen LogP contribution is -2.31. The molecule has 0 radical (unpaired) electrons. The van der Waals surface area contributed by atoms with Crippen LogP contribution in [-0.4, -0.2) is 48.1 Å². The molecule has 6 heteroatoms. The lowest BCUT2D eigenvalue weighted by Gasteiger charge is -2.26. The van der Waals surface area contributed by atoms with Crippen LogP contribution >= 0.6 is 0 Å². The molecular formula is C28H33NO5. The van der Waals surface area contributed by atoms with E-state index in [1.807, 2.05) is 43.3 Å². The second kappa shape index (κ2) is 9.26. The number of Topliss-reactive ketones (excluding diaryl/α,β-unsaturated/α-hetero) is 1. The van der Waals surface area contributed by atoms with Gasteiger partial charge in [0.15, 0.2) is 0 Å². The van der Waals surface area contributed by atoms with Gasteiger partial charge < -0.3 is 19.5 Å². The van der Waals surface area contributed by atoms with Crippen LogP contribution in [0.2, 0.25) is 0 Å². The van der Waals surface area contributed by atoms with E-state index in [2.05, 4.69) is 20.8 Å². The van der Waals surface area contributed by atoms with Crippen LogP contribution in [0.1, 0.15) is 62.4 Å². The van der Waals surface area contributed by atoms with Crippen molar-refractivity contribution in [3.63, 3.8) is 0 Å². The Labute approximate surface area is 201 Å². The second-order valence-electron chi connectivity index (χ2n) is 10.2. The summed E-state index contributed by atoms with van der Waals surface area (Å²) in [7, 11) is 1.61. The monoisotopic (exact) mass is 463 g/mol. The molecule has 2 heterocycles. The Kier molecular flexibility index (Phi) is 6.54. The normalized spacial score (nSPS) is 21.6. The van der Waals surface area contributed by atoms with Crippen molar-refractivity contribution >= 4 is 17.4 Å². The van der Waals surface area contributed by atoms with Gasteiger partial charge in [-0.1, -0.05) is 45.0 Å². The molecular weight excluding hydrogens is 430 g/mol. The third-order valence-electron chi connectivity index (χ3n) is 6.55. The Morgan fingerprint density at radius 3 is 2.50 bits per heavy atom. The zero-order valence-electron chi connectivity index (χ0n) is 20.6. The van der Waals surface area contributed by atoms with Crippen molar-refractivity contribution in [1.29, 1.82) is 0 Å². The maximum Gasteiger partial charge on any atom is 0.295 e. The fourth-order valence-corrected chi connectivity index (χ4v) is 4.73. The molecule has 34 heavy (non-hydrogen) atoms. The molecule has 1 N–H and O–H groups in total. The zero-order chi connectivity index (χ0) is 24.6. The number of ether oxygens (including phenoxy) is 2. The average molecular weight is 464 g/mol. The van der Waals surface area contributed by atoms with Crippen LogP contribution in [0.4, 0.5) is 0 Å². The molecule has 2 aromatic carbocycles. The number of aliphatic hydroxyl groups excluding tert-OH is 1. The number of carbonyl (C=O) groups is 2. The van der Waals surface area contributed by atoms with E-state index in [0.29, 0.717) is 25.1 Å². The molecule has 2 aromatic rings. The first-order chi connectivity index (χ1) is 16.1. The number of ketones is 1. The second-order valence-corrected chi connectivity index (χ2v) is 10.2. The van der Waals surface area contributed by atoms with Crippen LogP contribution in [0.25, 0.3) is 5.76 Å². The largest absolute Gasteiger partial charge is 0.507 e. The van der Waals surface area contributed by atoms with Gasteiger partial charge in [0, 0.05) is 32.2 Å². The Balaban J connectivity index is 1.79. The number of hydrogen-bond acceptors (Lipinski definition) is 5. The summed E-state index contributed by atoms with van der Waals surface area (Å²) in [5.74, 6) is -0.621. The zero-order valence-corrected chi connectivity index (χ0v) is 20.6. The van der Waals surface area contributed by atoms with E-state index in [1.54, 1.807) is 18.1 Å². The van der Waals surface area contributed by atoms with Gasteiger partial charge in [0.2, 0.25) is 0 Å². The Morgan fingerprint density at radius 2 is 1.85 bits per heavy atom. The molecule has 0 aromatic heterocycles. The van der Waals surface area contributed by atoms with Crippen LogP contribution in [0.5, 0.6) is 5.75 Å². The number of rotatable bonds is 6. The van der Waals surface area contributed by atoms with Crippen LogP contribution < -0.4 is 4.74 Å². The fraction of sp³-hybridized carbons (Fsp3) is 0.429. The molecule has 1 amide bonds. The first kappa shape index (κ1) is 24.0. The number of amides is 1. The third-order valence-corrected chi connectivity index (χ3v) is 6.55. The van der Waals surface area contributed by atoms with Gasteiger partial charge in [-0.3, -0.25) is 9.59 Å². The molecule has 2 aliphatic heterocycles. The van der Waals surface area contributed by atoms with Crippen molar-refractivity contribution in [2.75, 3.05) is 20.3 Å². The van der Waals surface area contributed by atoms with Crippen LogP contribution in [0.15, 0.2) is 48.0 Å². The summed E-state index contributed by atoms with van der Waals surface area (Å²) in [5, 5.41) is 11.3. The quantitative estimate of drug-likeness (QED) is 0.289. The topological polar surface area (TPSA) is 76.1 Å². The van der Waals surface area contributed by atoms with E-state index in [1.165, 1.54) is 0 Å². The molecule has 0 spiro atoms. The number of fused-ring (bicyclic) bond motifs is 1. The first-order valence-corrected chi connectivity index (χ1v) is 11.8. The number of methoxy groups -OCH3 is 1. The highest BCUT2D eigenvalue weighted by atomic mass is 16.5. The molecule has 0 aliphatic carbocycles. The molecule has 0 bridgehead atoms. The molecule has 1 fully saturated rings. The predicted molar refractivity (Wildman–Crippen MR) is 131 cm³/mol. The van der Waals surface area contributed by atoms with Crippen molar-refractivity contribution in [2.24, 2.45) is 0 Å². The predicted octanol–water partition coefficient (Wildman–Crippen LogP) is 4.77. The Hall–Kier alpha value is -3.12. The van der Waals surface area contributed by atoms with Crippen LogP contribution in [-0.2, 0) is 26.2 Å². The standard InChI is InChI=1S/C28H33NO5/c1-17-15-20-16-19(9-12-22(20)34-17)25(30)23-24(18-7-10-21(11-8-18)28(2,3)4)29(13-6-14-33-5)27(32)26(23)31/h7-12,16-17,24,30H,6,13-15H2,1-5H3/b25-23-. The lowest BCUT2D eigenvalue weighted by molar-refractivity contribution is -0.140. The van der Waals surface area contributed by atoms with E-state index >= 15 is 0 Å². The molecule has 180 valence electrons. The number of aliphatic hydroxyl groups is 1. The molecule has 2 aliphatic rings. The van der Waals surface area contributed by atoms with Crippen LogP contribution in [0, 0.1) is 0 Å². The van der Waals surface area contributed by atoms with Crippen molar-refractivity contribution in [2.45, 2.75) is 58.1 Å². The summed E-state index contributed by atoms with van der Waals surface area (Å²) in [6, 6.07) is 12.7. The highest BCUT2D eigenvalue weighted by Gasteiger charge is 2.46. The van der Waals surface area contributed by atoms with Gasteiger partial charge in [0.25, 0.3) is 11.7 Å². The smallest absolute Gasteiger partial charge is 0.295 e. The van der Waals surface area contributed by atoms with Gasteiger partial charge in [-0.2, -0.15) is 0 Å². The average Bonchev–Trinajstić information content (AvgIpc) is 3.29. The van der Waals surface area contributed by atoms with Gasteiger partial charge in [-0.15, -0.1) is 0 Å². The van der Waals surface area contributed by atoms with Gasteiger partial charge in [-0.05, 0) is 53.6 Å². The Bertz CT molecular complexity index is 1130. The molecule has 2 unspecified atom stereocenters. The molecule has 6 nitrogen and oxygen atoms in total. The molecule has 4 rings (SSSR count). The first-order valence-electron chi connectivity index (χ1n) is 11.8. The van der Waals surface area contributed by atoms with E-state index in [0.717, 1.165) is 28.9 Å². The highest BCUT2D eigenvalue weighted by molar-refractivity contribution is 6.46. The molecule has 0 saturated carbocycles. The van der Waals surface area contributed by atoms with E-state index in [4.69, 9.17) is 9.47 Å². The van der Waals surface area contributed by atoms with Crippen molar-refractivity contribution in [3.05, 3.63) is 70.3 Å². The fourth-order valence-electron chi connectivity index (χ4n) is 4.73. The number of benzene rings is 2. The van der Waals surface area contributed by atoms with E-state index in [9.17, 15) is 14.7 Å². The van der Waals surface area contributed by atoms with E-state index in [-0.39, 0.29) is 22.9 Å². The minimum absolute atomic E-state index is 0.0254. The van der Waals surface area contributed by atoms with Gasteiger partial charge in [-0.25, -0.2) is 0 Å². The SMILES string of the molecule is COCCCN1C(=O)C(=O)/C(=C(\O)c2ccc3c(c2)CC(C)O3)C1c1ccc(C(C)(C)C)cc1. The minimum atomic E-state index is -0.662. The summed E-state index contributed by atoms with van der Waals surface area (Å²) in [5.41, 5.74) is 3.55. The van der Waals surface area contributed by atoms with E-state index < -0.39 is 17.7 Å². The Morgan fingerprint density at radius 1 is 1.15 bits per heavy atom. The summed E-state index contributed by atoms with van der Waals surface area (Å²) in [6.07, 6.45) is 1.40.